The number of rotatable bonds is 6. The highest BCUT2D eigenvalue weighted by atomic mass is 35.5. The zero-order chi connectivity index (χ0) is 23.5. The third-order valence-corrected chi connectivity index (χ3v) is 6.37. The Hall–Kier alpha value is -2.50. The molecule has 1 heterocycles. The number of anilines is 1. The van der Waals surface area contributed by atoms with Crippen LogP contribution in [0, 0.1) is 0 Å². The lowest BCUT2D eigenvalue weighted by Crippen LogP contribution is -2.46. The number of nitrogens with zero attached hydrogens (tertiary/aromatic N) is 1. The van der Waals surface area contributed by atoms with Crippen LogP contribution in [0.25, 0.3) is 0 Å². The van der Waals surface area contributed by atoms with Gasteiger partial charge in [-0.2, -0.15) is 13.2 Å². The molecule has 174 valence electrons. The van der Waals surface area contributed by atoms with E-state index < -0.39 is 32.9 Å². The molecular weight excluding hydrogens is 473 g/mol. The summed E-state index contributed by atoms with van der Waals surface area (Å²) >= 11 is 5.56. The van der Waals surface area contributed by atoms with Gasteiger partial charge in [0.1, 0.15) is 5.75 Å². The Kier molecular flexibility index (Phi) is 7.21. The molecule has 0 aliphatic carbocycles. The molecule has 1 atom stereocenters. The molecule has 3 rings (SSSR count). The highest BCUT2D eigenvalue weighted by Gasteiger charge is 2.33. The molecule has 1 aliphatic heterocycles. The van der Waals surface area contributed by atoms with Gasteiger partial charge in [-0.25, -0.2) is 8.42 Å². The molecule has 32 heavy (non-hydrogen) atoms. The van der Waals surface area contributed by atoms with Crippen molar-refractivity contribution in [3.8, 4) is 5.75 Å². The molecule has 1 saturated heterocycles. The van der Waals surface area contributed by atoms with Crippen LogP contribution < -0.4 is 9.46 Å². The number of halogens is 4. The van der Waals surface area contributed by atoms with E-state index in [1.807, 2.05) is 0 Å². The second-order valence-electron chi connectivity index (χ2n) is 6.97. The smallest absolute Gasteiger partial charge is 0.417 e. The van der Waals surface area contributed by atoms with Crippen LogP contribution in [0.2, 0.25) is 5.02 Å². The maximum absolute atomic E-state index is 13.0. The molecule has 0 saturated carbocycles. The van der Waals surface area contributed by atoms with Gasteiger partial charge in [0.15, 0.2) is 6.10 Å². The monoisotopic (exact) mass is 492 g/mol. The topological polar surface area (TPSA) is 84.9 Å². The largest absolute Gasteiger partial charge is 0.481 e. The molecule has 1 amide bonds. The number of hydrogen-bond acceptors (Lipinski definition) is 5. The summed E-state index contributed by atoms with van der Waals surface area (Å²) in [4.78, 5) is 13.8. The van der Waals surface area contributed by atoms with Crippen LogP contribution in [0.3, 0.4) is 0 Å². The first-order valence-electron chi connectivity index (χ1n) is 9.50. The fourth-order valence-electron chi connectivity index (χ4n) is 3.01. The second-order valence-corrected chi connectivity index (χ2v) is 9.06. The summed E-state index contributed by atoms with van der Waals surface area (Å²) in [5.41, 5.74) is -1.44. The Morgan fingerprint density at radius 3 is 2.38 bits per heavy atom. The number of carbonyl (C=O) groups is 1. The Balaban J connectivity index is 1.69. The highest BCUT2D eigenvalue weighted by molar-refractivity contribution is 7.92. The van der Waals surface area contributed by atoms with Crippen molar-refractivity contribution in [2.75, 3.05) is 31.0 Å². The minimum Gasteiger partial charge on any atom is -0.481 e. The van der Waals surface area contributed by atoms with E-state index in [0.29, 0.717) is 32.4 Å². The van der Waals surface area contributed by atoms with Crippen LogP contribution in [0.4, 0.5) is 18.9 Å². The van der Waals surface area contributed by atoms with Crippen LogP contribution in [0.1, 0.15) is 12.5 Å². The number of morpholine rings is 1. The van der Waals surface area contributed by atoms with Crippen molar-refractivity contribution >= 4 is 33.2 Å². The average Bonchev–Trinajstić information content (AvgIpc) is 2.74. The minimum atomic E-state index is -4.73. The summed E-state index contributed by atoms with van der Waals surface area (Å²) in [7, 11) is -4.17. The Bertz CT molecular complexity index is 1070. The Labute approximate surface area is 188 Å². The van der Waals surface area contributed by atoms with Gasteiger partial charge in [-0.05, 0) is 49.4 Å². The van der Waals surface area contributed by atoms with E-state index in [1.165, 1.54) is 24.3 Å². The number of ether oxygens (including phenoxy) is 2. The Morgan fingerprint density at radius 1 is 1.16 bits per heavy atom. The van der Waals surface area contributed by atoms with Crippen molar-refractivity contribution in [1.82, 2.24) is 4.90 Å². The predicted molar refractivity (Wildman–Crippen MR) is 111 cm³/mol. The molecule has 1 fully saturated rings. The fourth-order valence-corrected chi connectivity index (χ4v) is 4.29. The second kappa shape index (κ2) is 9.55. The van der Waals surface area contributed by atoms with Gasteiger partial charge in [0.2, 0.25) is 0 Å². The number of alkyl halides is 3. The van der Waals surface area contributed by atoms with Gasteiger partial charge < -0.3 is 14.4 Å². The lowest BCUT2D eigenvalue weighted by Gasteiger charge is -2.29. The summed E-state index contributed by atoms with van der Waals surface area (Å²) in [6, 6.07) is 7.89. The lowest BCUT2D eigenvalue weighted by atomic mass is 10.2. The van der Waals surface area contributed by atoms with Crippen molar-refractivity contribution in [2.45, 2.75) is 24.1 Å². The highest BCUT2D eigenvalue weighted by Crippen LogP contribution is 2.36. The van der Waals surface area contributed by atoms with Gasteiger partial charge in [-0.1, -0.05) is 11.6 Å². The molecule has 0 spiro atoms. The number of carbonyl (C=O) groups excluding carboxylic acids is 1. The van der Waals surface area contributed by atoms with Crippen LogP contribution in [-0.4, -0.2) is 51.6 Å². The summed E-state index contributed by atoms with van der Waals surface area (Å²) in [5, 5.41) is -0.539. The van der Waals surface area contributed by atoms with Gasteiger partial charge >= 0.3 is 6.18 Å². The molecule has 7 nitrogen and oxygen atoms in total. The summed E-state index contributed by atoms with van der Waals surface area (Å²) < 4.78 is 77.0. The maximum Gasteiger partial charge on any atom is 0.417 e. The number of amides is 1. The van der Waals surface area contributed by atoms with Crippen molar-refractivity contribution in [1.29, 1.82) is 0 Å². The van der Waals surface area contributed by atoms with Crippen molar-refractivity contribution < 1.29 is 35.9 Å². The number of sulfonamides is 1. The summed E-state index contributed by atoms with van der Waals surface area (Å²) in [6.07, 6.45) is -5.52. The van der Waals surface area contributed by atoms with Gasteiger partial charge in [0, 0.05) is 18.8 Å². The van der Waals surface area contributed by atoms with E-state index in [2.05, 4.69) is 4.72 Å². The van der Waals surface area contributed by atoms with E-state index in [9.17, 15) is 26.4 Å². The number of hydrogen-bond donors (Lipinski definition) is 1. The summed E-state index contributed by atoms with van der Waals surface area (Å²) in [5.74, 6) is 0.0544. The van der Waals surface area contributed by atoms with Gasteiger partial charge in [-0.3, -0.25) is 9.52 Å². The normalized spacial score (nSPS) is 15.8. The SMILES string of the molecule is C[C@H](Oc1ccc(S(=O)(=O)Nc2ccc(Cl)c(C(F)(F)F)c2)cc1)C(=O)N1CCOCC1. The molecule has 0 radical (unpaired) electrons. The van der Waals surface area contributed by atoms with Crippen LogP contribution >= 0.6 is 11.6 Å². The van der Waals surface area contributed by atoms with Gasteiger partial charge in [0.05, 0.1) is 28.7 Å². The van der Waals surface area contributed by atoms with Crippen LogP contribution in [0.15, 0.2) is 47.4 Å². The molecule has 2 aromatic carbocycles. The molecule has 0 aromatic heterocycles. The van der Waals surface area contributed by atoms with Crippen molar-refractivity contribution in [3.05, 3.63) is 53.1 Å². The molecule has 1 N–H and O–H groups in total. The van der Waals surface area contributed by atoms with Gasteiger partial charge in [0.25, 0.3) is 15.9 Å². The first-order valence-corrected chi connectivity index (χ1v) is 11.4. The van der Waals surface area contributed by atoms with Gasteiger partial charge in [-0.15, -0.1) is 0 Å². The van der Waals surface area contributed by atoms with E-state index in [-0.39, 0.29) is 22.2 Å². The summed E-state index contributed by atoms with van der Waals surface area (Å²) in [6.45, 7) is 3.43. The molecule has 1 aliphatic rings. The maximum atomic E-state index is 13.0. The molecular formula is C20H20ClF3N2O5S. The zero-order valence-electron chi connectivity index (χ0n) is 16.9. The lowest BCUT2D eigenvalue weighted by molar-refractivity contribution is -0.142. The zero-order valence-corrected chi connectivity index (χ0v) is 18.4. The van der Waals surface area contributed by atoms with E-state index in [1.54, 1.807) is 11.8 Å². The van der Waals surface area contributed by atoms with Crippen LogP contribution in [-0.2, 0) is 25.7 Å². The van der Waals surface area contributed by atoms with Crippen LogP contribution in [0.5, 0.6) is 5.75 Å². The first-order chi connectivity index (χ1) is 15.0. The van der Waals surface area contributed by atoms with Crippen molar-refractivity contribution in [3.63, 3.8) is 0 Å². The minimum absolute atomic E-state index is 0.194. The first kappa shape index (κ1) is 24.1. The molecule has 0 bridgehead atoms. The fraction of sp³-hybridized carbons (Fsp3) is 0.350. The number of benzene rings is 2. The van der Waals surface area contributed by atoms with E-state index >= 15 is 0 Å². The average molecular weight is 493 g/mol. The number of nitrogens with one attached hydrogen (secondary N) is 1. The predicted octanol–water partition coefficient (Wildman–Crippen LogP) is 3.79. The molecule has 2 aromatic rings. The standard InChI is InChI=1S/C20H20ClF3N2O5S/c1-13(19(27)26-8-10-30-11-9-26)31-15-3-5-16(6-4-15)32(28,29)25-14-2-7-18(21)17(12-14)20(22,23)24/h2-7,12-13,25H,8-11H2,1H3/t13-/m0/s1. The molecule has 0 unspecified atom stereocenters. The third kappa shape index (κ3) is 5.84. The molecule has 12 heteroatoms. The quantitative estimate of drug-likeness (QED) is 0.663. The third-order valence-electron chi connectivity index (χ3n) is 4.64. The van der Waals surface area contributed by atoms with Crippen molar-refractivity contribution in [2.24, 2.45) is 0 Å². The van der Waals surface area contributed by atoms with E-state index in [4.69, 9.17) is 21.1 Å². The van der Waals surface area contributed by atoms with E-state index in [0.717, 1.165) is 12.1 Å². The Morgan fingerprint density at radius 2 is 1.78 bits per heavy atom.